The Morgan fingerprint density at radius 3 is 3.10 bits per heavy atom. The monoisotopic (exact) mass is 301 g/mol. The SMILES string of the molecule is CC1CCc2sc(C(=O)Nc3cccc(CO)c3)cc2C1. The van der Waals surface area contributed by atoms with Gasteiger partial charge in [0, 0.05) is 10.6 Å². The van der Waals surface area contributed by atoms with Gasteiger partial charge in [-0.1, -0.05) is 19.1 Å². The maximum absolute atomic E-state index is 12.3. The molecule has 1 heterocycles. The van der Waals surface area contributed by atoms with E-state index in [-0.39, 0.29) is 12.5 Å². The first kappa shape index (κ1) is 14.3. The largest absolute Gasteiger partial charge is 0.392 e. The highest BCUT2D eigenvalue weighted by molar-refractivity contribution is 7.14. The van der Waals surface area contributed by atoms with Crippen molar-refractivity contribution in [1.29, 1.82) is 0 Å². The summed E-state index contributed by atoms with van der Waals surface area (Å²) in [5.74, 6) is 0.654. The van der Waals surface area contributed by atoms with Gasteiger partial charge in [0.25, 0.3) is 5.91 Å². The highest BCUT2D eigenvalue weighted by Crippen LogP contribution is 2.32. The molecular weight excluding hydrogens is 282 g/mol. The fourth-order valence-corrected chi connectivity index (χ4v) is 3.86. The van der Waals surface area contributed by atoms with E-state index in [0.717, 1.165) is 29.0 Å². The van der Waals surface area contributed by atoms with Gasteiger partial charge >= 0.3 is 0 Å². The van der Waals surface area contributed by atoms with Gasteiger partial charge in [-0.25, -0.2) is 0 Å². The van der Waals surface area contributed by atoms with Crippen LogP contribution < -0.4 is 5.32 Å². The molecule has 1 unspecified atom stereocenters. The average Bonchev–Trinajstić information content (AvgIpc) is 2.90. The van der Waals surface area contributed by atoms with E-state index in [0.29, 0.717) is 5.92 Å². The minimum Gasteiger partial charge on any atom is -0.392 e. The molecule has 4 heteroatoms. The van der Waals surface area contributed by atoms with Crippen LogP contribution in [0.15, 0.2) is 30.3 Å². The minimum absolute atomic E-state index is 0.0190. The predicted octanol–water partition coefficient (Wildman–Crippen LogP) is 3.62. The Morgan fingerprint density at radius 2 is 2.29 bits per heavy atom. The molecule has 2 N–H and O–H groups in total. The van der Waals surface area contributed by atoms with Crippen LogP contribution in [0.1, 0.15) is 39.0 Å². The van der Waals surface area contributed by atoms with E-state index >= 15 is 0 Å². The lowest BCUT2D eigenvalue weighted by Crippen LogP contribution is -2.10. The standard InChI is InChI=1S/C17H19NO2S/c1-11-5-6-15-13(7-11)9-16(21-15)17(20)18-14-4-2-3-12(8-14)10-19/h2-4,8-9,11,19H,5-7,10H2,1H3,(H,18,20). The second kappa shape index (κ2) is 6.00. The molecule has 110 valence electrons. The van der Waals surface area contributed by atoms with Gasteiger partial charge in [0.15, 0.2) is 0 Å². The van der Waals surface area contributed by atoms with Crippen LogP contribution in [0.4, 0.5) is 5.69 Å². The minimum atomic E-state index is -0.0582. The number of thiophene rings is 1. The van der Waals surface area contributed by atoms with E-state index in [2.05, 4.69) is 12.2 Å². The lowest BCUT2D eigenvalue weighted by atomic mass is 9.90. The average molecular weight is 301 g/mol. The van der Waals surface area contributed by atoms with Crippen molar-refractivity contribution in [2.75, 3.05) is 5.32 Å². The van der Waals surface area contributed by atoms with Crippen molar-refractivity contribution >= 4 is 22.9 Å². The first-order chi connectivity index (χ1) is 10.2. The van der Waals surface area contributed by atoms with E-state index in [1.165, 1.54) is 16.9 Å². The summed E-state index contributed by atoms with van der Waals surface area (Å²) in [5, 5.41) is 12.1. The van der Waals surface area contributed by atoms with Gasteiger partial charge in [0.2, 0.25) is 0 Å². The topological polar surface area (TPSA) is 49.3 Å². The quantitative estimate of drug-likeness (QED) is 0.909. The number of hydrogen-bond acceptors (Lipinski definition) is 3. The van der Waals surface area contributed by atoms with Crippen LogP contribution in [0.3, 0.4) is 0 Å². The summed E-state index contributed by atoms with van der Waals surface area (Å²) in [6.45, 7) is 2.25. The van der Waals surface area contributed by atoms with Gasteiger partial charge in [-0.2, -0.15) is 0 Å². The van der Waals surface area contributed by atoms with Crippen molar-refractivity contribution < 1.29 is 9.90 Å². The smallest absolute Gasteiger partial charge is 0.265 e. The molecule has 1 aliphatic carbocycles. The lowest BCUT2D eigenvalue weighted by Gasteiger charge is -2.16. The molecule has 0 bridgehead atoms. The van der Waals surface area contributed by atoms with Crippen LogP contribution >= 0.6 is 11.3 Å². The third-order valence-corrected chi connectivity index (χ3v) is 5.16. The van der Waals surface area contributed by atoms with Gasteiger partial charge in [-0.3, -0.25) is 4.79 Å². The Balaban J connectivity index is 1.76. The van der Waals surface area contributed by atoms with E-state index in [1.807, 2.05) is 24.3 Å². The molecule has 0 spiro atoms. The number of aliphatic hydroxyl groups excluding tert-OH is 1. The number of amides is 1. The zero-order valence-corrected chi connectivity index (χ0v) is 12.9. The molecule has 0 radical (unpaired) electrons. The molecule has 1 aromatic carbocycles. The summed E-state index contributed by atoms with van der Waals surface area (Å²) in [7, 11) is 0. The molecule has 3 rings (SSSR count). The van der Waals surface area contributed by atoms with E-state index in [9.17, 15) is 4.79 Å². The van der Waals surface area contributed by atoms with Crippen LogP contribution in [-0.4, -0.2) is 11.0 Å². The summed E-state index contributed by atoms with van der Waals surface area (Å²) < 4.78 is 0. The molecule has 0 saturated carbocycles. The van der Waals surface area contributed by atoms with Crippen molar-refractivity contribution in [3.05, 3.63) is 51.2 Å². The maximum atomic E-state index is 12.3. The Labute approximate surface area is 128 Å². The fourth-order valence-electron chi connectivity index (χ4n) is 2.76. The van der Waals surface area contributed by atoms with Crippen LogP contribution in [0, 0.1) is 5.92 Å². The molecule has 0 saturated heterocycles. The number of carbonyl (C=O) groups excluding carboxylic acids is 1. The van der Waals surface area contributed by atoms with Crippen molar-refractivity contribution in [2.24, 2.45) is 5.92 Å². The van der Waals surface area contributed by atoms with Crippen LogP contribution in [0.2, 0.25) is 0 Å². The third-order valence-electron chi connectivity index (χ3n) is 3.92. The van der Waals surface area contributed by atoms with Crippen LogP contribution in [0.5, 0.6) is 0 Å². The molecule has 1 amide bonds. The predicted molar refractivity (Wildman–Crippen MR) is 85.8 cm³/mol. The van der Waals surface area contributed by atoms with Gasteiger partial charge in [0.1, 0.15) is 0 Å². The number of aliphatic hydroxyl groups is 1. The van der Waals surface area contributed by atoms with Crippen molar-refractivity contribution in [2.45, 2.75) is 32.8 Å². The maximum Gasteiger partial charge on any atom is 0.265 e. The summed E-state index contributed by atoms with van der Waals surface area (Å²) in [6, 6.07) is 9.35. The van der Waals surface area contributed by atoms with E-state index in [1.54, 1.807) is 17.4 Å². The first-order valence-corrected chi connectivity index (χ1v) is 8.10. The zero-order chi connectivity index (χ0) is 14.8. The Hall–Kier alpha value is -1.65. The molecule has 2 aromatic rings. The van der Waals surface area contributed by atoms with Crippen LogP contribution in [-0.2, 0) is 19.4 Å². The molecule has 1 aromatic heterocycles. The highest BCUT2D eigenvalue weighted by Gasteiger charge is 2.20. The number of carbonyl (C=O) groups is 1. The number of benzene rings is 1. The van der Waals surface area contributed by atoms with Gasteiger partial charge in [-0.15, -0.1) is 11.3 Å². The second-order valence-corrected chi connectivity index (χ2v) is 6.86. The van der Waals surface area contributed by atoms with E-state index < -0.39 is 0 Å². The number of hydrogen-bond donors (Lipinski definition) is 2. The molecule has 1 aliphatic rings. The Morgan fingerprint density at radius 1 is 1.43 bits per heavy atom. The number of fused-ring (bicyclic) bond motifs is 1. The molecular formula is C17H19NO2S. The number of anilines is 1. The first-order valence-electron chi connectivity index (χ1n) is 7.28. The Bertz CT molecular complexity index is 663. The van der Waals surface area contributed by atoms with Crippen molar-refractivity contribution in [1.82, 2.24) is 0 Å². The van der Waals surface area contributed by atoms with Crippen molar-refractivity contribution in [3.8, 4) is 0 Å². The molecule has 3 nitrogen and oxygen atoms in total. The van der Waals surface area contributed by atoms with Crippen LogP contribution in [0.25, 0.3) is 0 Å². The van der Waals surface area contributed by atoms with Gasteiger partial charge in [0.05, 0.1) is 11.5 Å². The van der Waals surface area contributed by atoms with Gasteiger partial charge in [-0.05, 0) is 54.5 Å². The van der Waals surface area contributed by atoms with Gasteiger partial charge < -0.3 is 10.4 Å². The molecule has 0 fully saturated rings. The number of aryl methyl sites for hydroxylation is 1. The molecule has 21 heavy (non-hydrogen) atoms. The van der Waals surface area contributed by atoms with E-state index in [4.69, 9.17) is 5.11 Å². The zero-order valence-electron chi connectivity index (χ0n) is 12.1. The highest BCUT2D eigenvalue weighted by atomic mass is 32.1. The molecule has 0 aliphatic heterocycles. The number of rotatable bonds is 3. The number of nitrogens with one attached hydrogen (secondary N) is 1. The van der Waals surface area contributed by atoms with Crippen molar-refractivity contribution in [3.63, 3.8) is 0 Å². The Kier molecular flexibility index (Phi) is 4.08. The lowest BCUT2D eigenvalue weighted by molar-refractivity contribution is 0.103. The second-order valence-electron chi connectivity index (χ2n) is 5.72. The summed E-state index contributed by atoms with van der Waals surface area (Å²) in [6.07, 6.45) is 3.39. The normalized spacial score (nSPS) is 17.3. The summed E-state index contributed by atoms with van der Waals surface area (Å²) in [4.78, 5) is 14.5. The fraction of sp³-hybridized carbons (Fsp3) is 0.353. The molecule has 1 atom stereocenters. The summed E-state index contributed by atoms with van der Waals surface area (Å²) in [5.41, 5.74) is 2.87. The summed E-state index contributed by atoms with van der Waals surface area (Å²) >= 11 is 1.61. The third kappa shape index (κ3) is 3.17.